The fraction of sp³-hybridized carbons (Fsp3) is 0.316. The van der Waals surface area contributed by atoms with E-state index in [4.69, 9.17) is 14.6 Å². The standard InChI is InChI=1S/C19H21NO6/c1-13(9-18(23)26-15-5-3-2-4-6-15)16-7-8-20-10-17(16)19(24)25-12-14(22)11-21/h2-8,10,13-14,21-22H,9,11-12H2,1H3. The zero-order valence-electron chi connectivity index (χ0n) is 14.4. The highest BCUT2D eigenvalue weighted by Crippen LogP contribution is 2.24. The Morgan fingerprint density at radius 3 is 2.62 bits per heavy atom. The molecule has 2 unspecified atom stereocenters. The van der Waals surface area contributed by atoms with Crippen LogP contribution >= 0.6 is 0 Å². The van der Waals surface area contributed by atoms with Crippen molar-refractivity contribution >= 4 is 11.9 Å². The molecule has 1 aromatic carbocycles. The molecule has 0 fully saturated rings. The number of nitrogens with zero attached hydrogens (tertiary/aromatic N) is 1. The van der Waals surface area contributed by atoms with Crippen LogP contribution in [0.15, 0.2) is 48.8 Å². The summed E-state index contributed by atoms with van der Waals surface area (Å²) >= 11 is 0. The number of aromatic nitrogens is 1. The van der Waals surface area contributed by atoms with E-state index >= 15 is 0 Å². The van der Waals surface area contributed by atoms with E-state index in [1.807, 2.05) is 6.07 Å². The van der Waals surface area contributed by atoms with Crippen LogP contribution in [0, 0.1) is 0 Å². The molecule has 0 saturated heterocycles. The lowest BCUT2D eigenvalue weighted by atomic mass is 9.94. The summed E-state index contributed by atoms with van der Waals surface area (Å²) < 4.78 is 10.2. The molecule has 7 heteroatoms. The van der Waals surface area contributed by atoms with Crippen molar-refractivity contribution in [1.29, 1.82) is 0 Å². The summed E-state index contributed by atoms with van der Waals surface area (Å²) in [5, 5.41) is 18.1. The third-order valence-electron chi connectivity index (χ3n) is 3.67. The van der Waals surface area contributed by atoms with E-state index in [9.17, 15) is 14.7 Å². The molecule has 0 spiro atoms. The van der Waals surface area contributed by atoms with Crippen LogP contribution in [0.2, 0.25) is 0 Å². The zero-order valence-corrected chi connectivity index (χ0v) is 14.4. The number of benzene rings is 1. The Balaban J connectivity index is 2.03. The van der Waals surface area contributed by atoms with E-state index in [-0.39, 0.29) is 24.5 Å². The molecule has 0 radical (unpaired) electrons. The summed E-state index contributed by atoms with van der Waals surface area (Å²) in [6.45, 7) is 0.962. The highest BCUT2D eigenvalue weighted by Gasteiger charge is 2.21. The number of carbonyl (C=O) groups is 2. The summed E-state index contributed by atoms with van der Waals surface area (Å²) in [6.07, 6.45) is 1.80. The fourth-order valence-electron chi connectivity index (χ4n) is 2.33. The third kappa shape index (κ3) is 5.65. The molecule has 2 N–H and O–H groups in total. The predicted molar refractivity (Wildman–Crippen MR) is 92.7 cm³/mol. The van der Waals surface area contributed by atoms with Crippen LogP contribution < -0.4 is 4.74 Å². The Kier molecular flexibility index (Phi) is 7.25. The molecular weight excluding hydrogens is 338 g/mol. The van der Waals surface area contributed by atoms with Crippen LogP contribution in [-0.4, -0.2) is 46.5 Å². The molecule has 2 atom stereocenters. The highest BCUT2D eigenvalue weighted by atomic mass is 16.5. The maximum absolute atomic E-state index is 12.2. The number of esters is 2. The van der Waals surface area contributed by atoms with Gasteiger partial charge in [-0.1, -0.05) is 25.1 Å². The van der Waals surface area contributed by atoms with E-state index in [0.29, 0.717) is 11.3 Å². The molecule has 26 heavy (non-hydrogen) atoms. The summed E-state index contributed by atoms with van der Waals surface area (Å²) in [7, 11) is 0. The van der Waals surface area contributed by atoms with Crippen LogP contribution in [0.1, 0.15) is 35.2 Å². The van der Waals surface area contributed by atoms with Crippen molar-refractivity contribution in [3.05, 3.63) is 59.9 Å². The van der Waals surface area contributed by atoms with Crippen molar-refractivity contribution in [3.8, 4) is 5.75 Å². The highest BCUT2D eigenvalue weighted by molar-refractivity contribution is 5.91. The molecule has 0 saturated carbocycles. The molecule has 7 nitrogen and oxygen atoms in total. The van der Waals surface area contributed by atoms with Gasteiger partial charge in [0.05, 0.1) is 18.6 Å². The van der Waals surface area contributed by atoms with Gasteiger partial charge in [0, 0.05) is 12.4 Å². The molecule has 0 aliphatic rings. The molecule has 0 aliphatic carbocycles. The van der Waals surface area contributed by atoms with Gasteiger partial charge in [0.15, 0.2) is 0 Å². The van der Waals surface area contributed by atoms with Crippen molar-refractivity contribution in [2.45, 2.75) is 25.4 Å². The first-order valence-electron chi connectivity index (χ1n) is 8.17. The Hall–Kier alpha value is -2.77. The van der Waals surface area contributed by atoms with Gasteiger partial charge in [-0.3, -0.25) is 9.78 Å². The average Bonchev–Trinajstić information content (AvgIpc) is 2.66. The van der Waals surface area contributed by atoms with Crippen LogP contribution in [0.3, 0.4) is 0 Å². The molecule has 2 aromatic rings. The smallest absolute Gasteiger partial charge is 0.340 e. The molecule has 1 aromatic heterocycles. The molecule has 2 rings (SSSR count). The number of hydrogen-bond donors (Lipinski definition) is 2. The van der Waals surface area contributed by atoms with Crippen molar-refractivity contribution in [2.75, 3.05) is 13.2 Å². The van der Waals surface area contributed by atoms with Crippen molar-refractivity contribution < 1.29 is 29.3 Å². The van der Waals surface area contributed by atoms with Gasteiger partial charge in [0.1, 0.15) is 18.5 Å². The summed E-state index contributed by atoms with van der Waals surface area (Å²) in [4.78, 5) is 28.2. The second-order valence-electron chi connectivity index (χ2n) is 5.79. The van der Waals surface area contributed by atoms with Crippen molar-refractivity contribution in [1.82, 2.24) is 4.98 Å². The van der Waals surface area contributed by atoms with E-state index in [1.165, 1.54) is 12.4 Å². The van der Waals surface area contributed by atoms with E-state index < -0.39 is 24.6 Å². The number of aliphatic hydroxyl groups is 2. The van der Waals surface area contributed by atoms with Crippen molar-refractivity contribution in [3.63, 3.8) is 0 Å². The lowest BCUT2D eigenvalue weighted by molar-refractivity contribution is -0.134. The monoisotopic (exact) mass is 359 g/mol. The second-order valence-corrected chi connectivity index (χ2v) is 5.79. The number of para-hydroxylation sites is 1. The number of hydrogen-bond acceptors (Lipinski definition) is 7. The Bertz CT molecular complexity index is 734. The number of rotatable bonds is 8. The maximum Gasteiger partial charge on any atom is 0.340 e. The maximum atomic E-state index is 12.2. The van der Waals surface area contributed by atoms with Gasteiger partial charge in [-0.15, -0.1) is 0 Å². The van der Waals surface area contributed by atoms with Crippen LogP contribution in [0.25, 0.3) is 0 Å². The van der Waals surface area contributed by atoms with Gasteiger partial charge in [0.25, 0.3) is 0 Å². The van der Waals surface area contributed by atoms with Crippen LogP contribution in [0.5, 0.6) is 5.75 Å². The summed E-state index contributed by atoms with van der Waals surface area (Å²) in [6, 6.07) is 10.4. The minimum Gasteiger partial charge on any atom is -0.459 e. The lowest BCUT2D eigenvalue weighted by Gasteiger charge is -2.15. The topological polar surface area (TPSA) is 106 Å². The molecule has 0 aliphatic heterocycles. The molecular formula is C19H21NO6. The predicted octanol–water partition coefficient (Wildman–Crippen LogP) is 1.69. The van der Waals surface area contributed by atoms with Crippen LogP contribution in [0.4, 0.5) is 0 Å². The average molecular weight is 359 g/mol. The number of pyridine rings is 1. The largest absolute Gasteiger partial charge is 0.459 e. The molecule has 0 bridgehead atoms. The van der Waals surface area contributed by atoms with Gasteiger partial charge < -0.3 is 19.7 Å². The lowest BCUT2D eigenvalue weighted by Crippen LogP contribution is -2.23. The van der Waals surface area contributed by atoms with Gasteiger partial charge >= 0.3 is 11.9 Å². The number of ether oxygens (including phenoxy) is 2. The molecule has 1 heterocycles. The minimum atomic E-state index is -1.14. The zero-order chi connectivity index (χ0) is 18.9. The number of carbonyl (C=O) groups excluding carboxylic acids is 2. The third-order valence-corrected chi connectivity index (χ3v) is 3.67. The van der Waals surface area contributed by atoms with Gasteiger partial charge in [-0.05, 0) is 29.7 Å². The first-order valence-corrected chi connectivity index (χ1v) is 8.17. The molecule has 0 amide bonds. The SMILES string of the molecule is CC(CC(=O)Oc1ccccc1)c1ccncc1C(=O)OCC(O)CO. The Morgan fingerprint density at radius 2 is 1.92 bits per heavy atom. The normalized spacial score (nSPS) is 12.9. The quantitative estimate of drug-likeness (QED) is 0.546. The second kappa shape index (κ2) is 9.65. The van der Waals surface area contributed by atoms with Gasteiger partial charge in [-0.25, -0.2) is 4.79 Å². The van der Waals surface area contributed by atoms with E-state index in [0.717, 1.165) is 0 Å². The number of aliphatic hydroxyl groups excluding tert-OH is 2. The Morgan fingerprint density at radius 1 is 1.19 bits per heavy atom. The van der Waals surface area contributed by atoms with Gasteiger partial charge in [0.2, 0.25) is 0 Å². The van der Waals surface area contributed by atoms with Crippen molar-refractivity contribution in [2.24, 2.45) is 0 Å². The van der Waals surface area contributed by atoms with Gasteiger partial charge in [-0.2, -0.15) is 0 Å². The summed E-state index contributed by atoms with van der Waals surface area (Å²) in [5.41, 5.74) is 0.797. The minimum absolute atomic E-state index is 0.0679. The summed E-state index contributed by atoms with van der Waals surface area (Å²) in [5.74, 6) is -0.948. The van der Waals surface area contributed by atoms with Crippen LogP contribution in [-0.2, 0) is 9.53 Å². The first kappa shape index (κ1) is 19.6. The Labute approximate surface area is 151 Å². The fourth-order valence-corrected chi connectivity index (χ4v) is 2.33. The molecule has 138 valence electrons. The van der Waals surface area contributed by atoms with E-state index in [1.54, 1.807) is 37.3 Å². The first-order chi connectivity index (χ1) is 12.5. The van der Waals surface area contributed by atoms with E-state index in [2.05, 4.69) is 4.98 Å².